The van der Waals surface area contributed by atoms with Crippen molar-refractivity contribution in [1.29, 1.82) is 0 Å². The Morgan fingerprint density at radius 3 is 2.46 bits per heavy atom. The third-order valence-electron chi connectivity index (χ3n) is 5.12. The molecule has 10 heteroatoms. The van der Waals surface area contributed by atoms with Gasteiger partial charge < -0.3 is 14.5 Å². The predicted molar refractivity (Wildman–Crippen MR) is 97.2 cm³/mol. The van der Waals surface area contributed by atoms with Crippen LogP contribution in [-0.4, -0.2) is 84.3 Å². The molecule has 2 aliphatic rings. The van der Waals surface area contributed by atoms with Crippen molar-refractivity contribution in [2.45, 2.75) is 25.9 Å². The molecule has 0 aromatic carbocycles. The SMILES string of the molecule is CCOc1ccnc(N2CCN(C(=O)C3CCN(CC(F)(F)F)CC3)CC2)n1. The fraction of sp³-hybridized carbons (Fsp3) is 0.722. The number of aromatic nitrogens is 2. The molecule has 2 fully saturated rings. The van der Waals surface area contributed by atoms with Gasteiger partial charge >= 0.3 is 6.18 Å². The van der Waals surface area contributed by atoms with Gasteiger partial charge in [0.25, 0.3) is 0 Å². The van der Waals surface area contributed by atoms with Gasteiger partial charge in [-0.1, -0.05) is 0 Å². The molecular formula is C18H26F3N5O2. The van der Waals surface area contributed by atoms with E-state index in [1.54, 1.807) is 12.3 Å². The van der Waals surface area contributed by atoms with Crippen LogP contribution in [0.3, 0.4) is 0 Å². The lowest BCUT2D eigenvalue weighted by Gasteiger charge is -2.38. The number of likely N-dealkylation sites (tertiary alicyclic amines) is 1. The van der Waals surface area contributed by atoms with E-state index < -0.39 is 12.7 Å². The minimum Gasteiger partial charge on any atom is -0.478 e. The first-order chi connectivity index (χ1) is 13.4. The Hall–Kier alpha value is -2.10. The minimum absolute atomic E-state index is 0.0512. The number of ether oxygens (including phenoxy) is 1. The molecular weight excluding hydrogens is 375 g/mol. The quantitative estimate of drug-likeness (QED) is 0.750. The Bertz CT molecular complexity index is 657. The molecule has 156 valence electrons. The number of alkyl halides is 3. The molecule has 7 nitrogen and oxygen atoms in total. The van der Waals surface area contributed by atoms with Gasteiger partial charge in [-0.15, -0.1) is 0 Å². The van der Waals surface area contributed by atoms with Gasteiger partial charge in [0.05, 0.1) is 13.2 Å². The van der Waals surface area contributed by atoms with E-state index in [4.69, 9.17) is 4.74 Å². The summed E-state index contributed by atoms with van der Waals surface area (Å²) in [6.07, 6.45) is -1.57. The lowest BCUT2D eigenvalue weighted by Crippen LogP contribution is -2.52. The maximum Gasteiger partial charge on any atom is 0.401 e. The molecule has 0 bridgehead atoms. The average Bonchev–Trinajstić information content (AvgIpc) is 2.67. The highest BCUT2D eigenvalue weighted by atomic mass is 19.4. The predicted octanol–water partition coefficient (Wildman–Crippen LogP) is 1.80. The van der Waals surface area contributed by atoms with Gasteiger partial charge in [-0.3, -0.25) is 9.69 Å². The van der Waals surface area contributed by atoms with Gasteiger partial charge in [-0.25, -0.2) is 4.98 Å². The van der Waals surface area contributed by atoms with E-state index in [1.807, 2.05) is 16.7 Å². The maximum absolute atomic E-state index is 12.7. The zero-order chi connectivity index (χ0) is 20.1. The van der Waals surface area contributed by atoms with Gasteiger partial charge in [0.2, 0.25) is 17.7 Å². The highest BCUT2D eigenvalue weighted by Crippen LogP contribution is 2.24. The first-order valence-corrected chi connectivity index (χ1v) is 9.64. The van der Waals surface area contributed by atoms with Crippen molar-refractivity contribution < 1.29 is 22.7 Å². The number of halogens is 3. The maximum atomic E-state index is 12.7. The summed E-state index contributed by atoms with van der Waals surface area (Å²) in [7, 11) is 0. The van der Waals surface area contributed by atoms with E-state index in [1.165, 1.54) is 4.90 Å². The molecule has 3 rings (SSSR count). The Labute approximate surface area is 162 Å². The number of anilines is 1. The molecule has 0 N–H and O–H groups in total. The van der Waals surface area contributed by atoms with Crippen LogP contribution in [-0.2, 0) is 4.79 Å². The number of amides is 1. The number of nitrogens with zero attached hydrogens (tertiary/aromatic N) is 5. The van der Waals surface area contributed by atoms with Crippen molar-refractivity contribution in [3.8, 4) is 5.88 Å². The van der Waals surface area contributed by atoms with E-state index >= 15 is 0 Å². The van der Waals surface area contributed by atoms with Crippen molar-refractivity contribution in [3.63, 3.8) is 0 Å². The molecule has 0 unspecified atom stereocenters. The van der Waals surface area contributed by atoms with Crippen molar-refractivity contribution in [2.75, 3.05) is 57.3 Å². The molecule has 1 aromatic rings. The van der Waals surface area contributed by atoms with Gasteiger partial charge in [-0.2, -0.15) is 18.2 Å². The Morgan fingerprint density at radius 2 is 1.86 bits per heavy atom. The lowest BCUT2D eigenvalue weighted by molar-refractivity contribution is -0.151. The smallest absolute Gasteiger partial charge is 0.401 e. The molecule has 0 atom stereocenters. The zero-order valence-corrected chi connectivity index (χ0v) is 16.0. The topological polar surface area (TPSA) is 61.8 Å². The van der Waals surface area contributed by atoms with Crippen LogP contribution in [0, 0.1) is 5.92 Å². The third-order valence-corrected chi connectivity index (χ3v) is 5.12. The van der Waals surface area contributed by atoms with Crippen LogP contribution in [0.25, 0.3) is 0 Å². The summed E-state index contributed by atoms with van der Waals surface area (Å²) in [5, 5.41) is 0. The number of piperazine rings is 1. The van der Waals surface area contributed by atoms with Crippen molar-refractivity contribution >= 4 is 11.9 Å². The molecule has 0 radical (unpaired) electrons. The first kappa shape index (κ1) is 20.6. The molecule has 1 aromatic heterocycles. The van der Waals surface area contributed by atoms with Crippen molar-refractivity contribution in [2.24, 2.45) is 5.92 Å². The van der Waals surface area contributed by atoms with Crippen LogP contribution in [0.2, 0.25) is 0 Å². The highest BCUT2D eigenvalue weighted by Gasteiger charge is 2.35. The van der Waals surface area contributed by atoms with Gasteiger partial charge in [0.15, 0.2) is 0 Å². The molecule has 2 aliphatic heterocycles. The lowest BCUT2D eigenvalue weighted by atomic mass is 9.95. The second-order valence-electron chi connectivity index (χ2n) is 7.11. The van der Waals surface area contributed by atoms with Crippen molar-refractivity contribution in [3.05, 3.63) is 12.3 Å². The molecule has 3 heterocycles. The van der Waals surface area contributed by atoms with Crippen LogP contribution in [0.1, 0.15) is 19.8 Å². The van der Waals surface area contributed by atoms with E-state index in [-0.39, 0.29) is 11.8 Å². The summed E-state index contributed by atoms with van der Waals surface area (Å²) >= 11 is 0. The first-order valence-electron chi connectivity index (χ1n) is 9.64. The molecule has 1 amide bonds. The van der Waals surface area contributed by atoms with E-state index in [0.717, 1.165) is 0 Å². The van der Waals surface area contributed by atoms with E-state index in [0.29, 0.717) is 70.5 Å². The van der Waals surface area contributed by atoms with E-state index in [2.05, 4.69) is 9.97 Å². The molecule has 28 heavy (non-hydrogen) atoms. The Kier molecular flexibility index (Phi) is 6.58. The number of carbonyl (C=O) groups excluding carboxylic acids is 1. The van der Waals surface area contributed by atoms with E-state index in [9.17, 15) is 18.0 Å². The molecule has 2 saturated heterocycles. The fourth-order valence-corrected chi connectivity index (χ4v) is 3.69. The second-order valence-corrected chi connectivity index (χ2v) is 7.11. The number of carbonyl (C=O) groups is 1. The summed E-state index contributed by atoms with van der Waals surface area (Å²) < 4.78 is 42.9. The average molecular weight is 401 g/mol. The standard InChI is InChI=1S/C18H26F3N5O2/c1-2-28-15-3-6-22-17(23-15)26-11-9-25(10-12-26)16(27)14-4-7-24(8-5-14)13-18(19,20)21/h3,6,14H,2,4-5,7-13H2,1H3. The summed E-state index contributed by atoms with van der Waals surface area (Å²) in [4.78, 5) is 26.6. The van der Waals surface area contributed by atoms with Gasteiger partial charge in [-0.05, 0) is 32.9 Å². The number of rotatable bonds is 5. The largest absolute Gasteiger partial charge is 0.478 e. The third kappa shape index (κ3) is 5.46. The van der Waals surface area contributed by atoms with Crippen LogP contribution in [0.5, 0.6) is 5.88 Å². The van der Waals surface area contributed by atoms with Crippen LogP contribution in [0.15, 0.2) is 12.3 Å². The molecule has 0 aliphatic carbocycles. The number of hydrogen-bond donors (Lipinski definition) is 0. The Morgan fingerprint density at radius 1 is 1.18 bits per heavy atom. The fourth-order valence-electron chi connectivity index (χ4n) is 3.69. The highest BCUT2D eigenvalue weighted by molar-refractivity contribution is 5.79. The normalized spacial score (nSPS) is 19.7. The second kappa shape index (κ2) is 8.93. The van der Waals surface area contributed by atoms with Crippen molar-refractivity contribution in [1.82, 2.24) is 19.8 Å². The van der Waals surface area contributed by atoms with Gasteiger partial charge in [0, 0.05) is 44.4 Å². The number of piperidine rings is 1. The molecule has 0 spiro atoms. The van der Waals surface area contributed by atoms with Crippen LogP contribution < -0.4 is 9.64 Å². The summed E-state index contributed by atoms with van der Waals surface area (Å²) in [6, 6.07) is 1.71. The summed E-state index contributed by atoms with van der Waals surface area (Å²) in [5.41, 5.74) is 0. The Balaban J connectivity index is 1.47. The van der Waals surface area contributed by atoms with Crippen LogP contribution in [0.4, 0.5) is 19.1 Å². The summed E-state index contributed by atoms with van der Waals surface area (Å²) in [6.45, 7) is 4.51. The number of hydrogen-bond acceptors (Lipinski definition) is 6. The monoisotopic (exact) mass is 401 g/mol. The van der Waals surface area contributed by atoms with Crippen LogP contribution >= 0.6 is 0 Å². The summed E-state index contributed by atoms with van der Waals surface area (Å²) in [5.74, 6) is 0.971. The minimum atomic E-state index is -4.19. The van der Waals surface area contributed by atoms with Gasteiger partial charge in [0.1, 0.15) is 0 Å². The zero-order valence-electron chi connectivity index (χ0n) is 16.0. The molecule has 0 saturated carbocycles.